The molecular formula is C18H20ClN3O4S. The lowest BCUT2D eigenvalue weighted by Gasteiger charge is -2.14. The Labute approximate surface area is 166 Å². The Kier molecular flexibility index (Phi) is 6.54. The van der Waals surface area contributed by atoms with Gasteiger partial charge >= 0.3 is 6.09 Å². The molecule has 1 aromatic heterocycles. The second-order valence-corrected chi connectivity index (χ2v) is 7.61. The number of benzene rings is 1. The molecule has 0 radical (unpaired) electrons. The van der Waals surface area contributed by atoms with Crippen LogP contribution in [0.15, 0.2) is 36.4 Å². The number of thiophene rings is 1. The highest BCUT2D eigenvalue weighted by Crippen LogP contribution is 2.24. The van der Waals surface area contributed by atoms with Gasteiger partial charge in [0, 0.05) is 25.0 Å². The molecule has 2 heterocycles. The van der Waals surface area contributed by atoms with Gasteiger partial charge in [0.15, 0.2) is 0 Å². The maximum atomic E-state index is 12.1. The van der Waals surface area contributed by atoms with Crippen molar-refractivity contribution in [3.63, 3.8) is 0 Å². The quantitative estimate of drug-likeness (QED) is 0.654. The van der Waals surface area contributed by atoms with Crippen molar-refractivity contribution in [1.82, 2.24) is 5.32 Å². The van der Waals surface area contributed by atoms with Crippen LogP contribution in [-0.4, -0.2) is 51.5 Å². The van der Waals surface area contributed by atoms with E-state index in [0.717, 1.165) is 11.4 Å². The molecule has 0 bridgehead atoms. The average Bonchev–Trinajstić information content (AvgIpc) is 3.26. The highest BCUT2D eigenvalue weighted by atomic mass is 35.5. The first-order valence-electron chi connectivity index (χ1n) is 8.41. The Morgan fingerprint density at radius 3 is 2.78 bits per heavy atom. The molecule has 1 saturated heterocycles. The summed E-state index contributed by atoms with van der Waals surface area (Å²) < 4.78 is 10.9. The summed E-state index contributed by atoms with van der Waals surface area (Å²) in [6.45, 7) is 1.94. The number of methoxy groups -OCH3 is 1. The van der Waals surface area contributed by atoms with Crippen LogP contribution in [-0.2, 0) is 9.47 Å². The third kappa shape index (κ3) is 5.12. The number of hydrogen-bond donors (Lipinski definition) is 2. The predicted octanol–water partition coefficient (Wildman–Crippen LogP) is 3.22. The molecule has 27 heavy (non-hydrogen) atoms. The number of carbonyl (C=O) groups is 2. The predicted molar refractivity (Wildman–Crippen MR) is 106 cm³/mol. The topological polar surface area (TPSA) is 79.9 Å². The van der Waals surface area contributed by atoms with E-state index >= 15 is 0 Å². The Morgan fingerprint density at radius 2 is 2.11 bits per heavy atom. The Hall–Kier alpha value is -2.29. The molecule has 9 heteroatoms. The third-order valence-corrected chi connectivity index (χ3v) is 5.21. The second kappa shape index (κ2) is 9.07. The lowest BCUT2D eigenvalue weighted by atomic mass is 10.2. The van der Waals surface area contributed by atoms with Gasteiger partial charge in [-0.15, -0.1) is 11.3 Å². The molecule has 1 aliphatic rings. The number of ether oxygens (including phenoxy) is 2. The van der Waals surface area contributed by atoms with Crippen molar-refractivity contribution in [3.05, 3.63) is 45.6 Å². The van der Waals surface area contributed by atoms with Crippen LogP contribution in [0.25, 0.3) is 0 Å². The molecule has 1 fully saturated rings. The van der Waals surface area contributed by atoms with E-state index in [1.54, 1.807) is 24.1 Å². The highest BCUT2D eigenvalue weighted by molar-refractivity contribution is 7.17. The van der Waals surface area contributed by atoms with E-state index in [1.807, 2.05) is 24.3 Å². The van der Waals surface area contributed by atoms with E-state index < -0.39 is 12.2 Å². The van der Waals surface area contributed by atoms with Crippen LogP contribution in [0.3, 0.4) is 0 Å². The fourth-order valence-corrected chi connectivity index (χ4v) is 3.58. The third-order valence-electron chi connectivity index (χ3n) is 3.98. The second-order valence-electron chi connectivity index (χ2n) is 5.90. The van der Waals surface area contributed by atoms with Crippen LogP contribution in [0.1, 0.15) is 9.67 Å². The number of amides is 2. The molecule has 0 saturated carbocycles. The first kappa shape index (κ1) is 19.5. The van der Waals surface area contributed by atoms with Gasteiger partial charge in [0.05, 0.1) is 28.9 Å². The standard InChI is InChI=1S/C18H20ClN3O4S/c1-25-9-8-20-12-2-4-13(5-3-12)22-11-14(26-18(22)24)10-21-17(23)15-6-7-16(19)27-15/h2-7,14,20H,8-11H2,1H3,(H,21,23). The number of hydrogen-bond acceptors (Lipinski definition) is 6. The minimum Gasteiger partial charge on any atom is -0.442 e. The molecular weight excluding hydrogens is 390 g/mol. The minimum atomic E-state index is -0.423. The summed E-state index contributed by atoms with van der Waals surface area (Å²) in [5.41, 5.74) is 1.69. The lowest BCUT2D eigenvalue weighted by molar-refractivity contribution is 0.0920. The van der Waals surface area contributed by atoms with Crippen molar-refractivity contribution in [3.8, 4) is 0 Å². The van der Waals surface area contributed by atoms with Crippen molar-refractivity contribution in [2.45, 2.75) is 6.10 Å². The van der Waals surface area contributed by atoms with Gasteiger partial charge in [0.2, 0.25) is 0 Å². The van der Waals surface area contributed by atoms with Crippen LogP contribution in [0.5, 0.6) is 0 Å². The highest BCUT2D eigenvalue weighted by Gasteiger charge is 2.32. The van der Waals surface area contributed by atoms with Crippen LogP contribution >= 0.6 is 22.9 Å². The van der Waals surface area contributed by atoms with Gasteiger partial charge in [0.1, 0.15) is 6.10 Å². The van der Waals surface area contributed by atoms with Gasteiger partial charge < -0.3 is 20.1 Å². The van der Waals surface area contributed by atoms with Gasteiger partial charge in [-0.1, -0.05) is 11.6 Å². The Morgan fingerprint density at radius 1 is 1.33 bits per heavy atom. The number of nitrogens with one attached hydrogen (secondary N) is 2. The monoisotopic (exact) mass is 409 g/mol. The number of rotatable bonds is 8. The molecule has 2 aromatic rings. The zero-order valence-corrected chi connectivity index (χ0v) is 16.3. The van der Waals surface area contributed by atoms with Crippen molar-refractivity contribution in [1.29, 1.82) is 0 Å². The number of anilines is 2. The van der Waals surface area contributed by atoms with E-state index in [4.69, 9.17) is 21.1 Å². The number of nitrogens with zero attached hydrogens (tertiary/aromatic N) is 1. The Balaban J connectivity index is 1.51. The summed E-state index contributed by atoms with van der Waals surface area (Å²) in [7, 11) is 1.65. The SMILES string of the molecule is COCCNc1ccc(N2CC(CNC(=O)c3ccc(Cl)s3)OC2=O)cc1. The van der Waals surface area contributed by atoms with Crippen LogP contribution in [0.2, 0.25) is 4.34 Å². The van der Waals surface area contributed by atoms with Crippen LogP contribution in [0.4, 0.5) is 16.2 Å². The molecule has 144 valence electrons. The number of carbonyl (C=O) groups excluding carboxylic acids is 2. The largest absolute Gasteiger partial charge is 0.442 e. The van der Waals surface area contributed by atoms with Crippen molar-refractivity contribution < 1.29 is 19.1 Å². The van der Waals surface area contributed by atoms with Gasteiger partial charge in [-0.25, -0.2) is 4.79 Å². The number of cyclic esters (lactones) is 1. The van der Waals surface area contributed by atoms with Crippen molar-refractivity contribution >= 4 is 46.3 Å². The summed E-state index contributed by atoms with van der Waals surface area (Å²) in [5, 5.41) is 5.99. The van der Waals surface area contributed by atoms with E-state index in [0.29, 0.717) is 28.9 Å². The van der Waals surface area contributed by atoms with Crippen LogP contribution < -0.4 is 15.5 Å². The van der Waals surface area contributed by atoms with E-state index in [1.165, 1.54) is 11.3 Å². The molecule has 1 unspecified atom stereocenters. The summed E-state index contributed by atoms with van der Waals surface area (Å²) in [5.74, 6) is -0.229. The molecule has 2 N–H and O–H groups in total. The first-order valence-corrected chi connectivity index (χ1v) is 9.61. The van der Waals surface area contributed by atoms with E-state index in [9.17, 15) is 9.59 Å². The molecule has 1 atom stereocenters. The molecule has 1 aromatic carbocycles. The minimum absolute atomic E-state index is 0.229. The summed E-state index contributed by atoms with van der Waals surface area (Å²) in [6.07, 6.45) is -0.829. The smallest absolute Gasteiger partial charge is 0.414 e. The maximum absolute atomic E-state index is 12.1. The van der Waals surface area contributed by atoms with Gasteiger partial charge in [0.25, 0.3) is 5.91 Å². The summed E-state index contributed by atoms with van der Waals surface area (Å²) >= 11 is 7.04. The van der Waals surface area contributed by atoms with Crippen molar-refractivity contribution in [2.75, 3.05) is 43.6 Å². The summed E-state index contributed by atoms with van der Waals surface area (Å²) in [4.78, 5) is 26.3. The first-order chi connectivity index (χ1) is 13.1. The van der Waals surface area contributed by atoms with Crippen LogP contribution in [0, 0.1) is 0 Å². The van der Waals surface area contributed by atoms with Crippen molar-refractivity contribution in [2.24, 2.45) is 0 Å². The molecule has 2 amide bonds. The number of halogens is 1. The molecule has 0 spiro atoms. The zero-order valence-electron chi connectivity index (χ0n) is 14.7. The summed E-state index contributed by atoms with van der Waals surface area (Å²) in [6, 6.07) is 10.8. The lowest BCUT2D eigenvalue weighted by Crippen LogP contribution is -2.34. The maximum Gasteiger partial charge on any atom is 0.414 e. The average molecular weight is 410 g/mol. The van der Waals surface area contributed by atoms with Gasteiger partial charge in [-0.05, 0) is 36.4 Å². The van der Waals surface area contributed by atoms with E-state index in [2.05, 4.69) is 10.6 Å². The van der Waals surface area contributed by atoms with E-state index in [-0.39, 0.29) is 12.5 Å². The fraction of sp³-hybridized carbons (Fsp3) is 0.333. The molecule has 3 rings (SSSR count). The molecule has 7 nitrogen and oxygen atoms in total. The molecule has 0 aliphatic carbocycles. The Bertz CT molecular complexity index is 796. The van der Waals surface area contributed by atoms with Gasteiger partial charge in [-0.2, -0.15) is 0 Å². The zero-order chi connectivity index (χ0) is 19.2. The fourth-order valence-electron chi connectivity index (χ4n) is 2.63. The molecule has 1 aliphatic heterocycles. The van der Waals surface area contributed by atoms with Gasteiger partial charge in [-0.3, -0.25) is 9.69 Å². The normalized spacial score (nSPS) is 16.3.